The van der Waals surface area contributed by atoms with Gasteiger partial charge in [-0.1, -0.05) is 42.0 Å². The summed E-state index contributed by atoms with van der Waals surface area (Å²) in [4.78, 5) is 27.1. The smallest absolute Gasteiger partial charge is 0.251 e. The normalized spacial score (nSPS) is 15.4. The summed E-state index contributed by atoms with van der Waals surface area (Å²) in [7, 11) is 0. The molecule has 1 aliphatic rings. The molecule has 28 heavy (non-hydrogen) atoms. The molecule has 1 heterocycles. The minimum atomic E-state index is 0.0121. The van der Waals surface area contributed by atoms with Gasteiger partial charge in [0.2, 0.25) is 0 Å². The molecule has 1 saturated heterocycles. The molecule has 1 aliphatic heterocycles. The van der Waals surface area contributed by atoms with Crippen LogP contribution in [-0.4, -0.2) is 42.3 Å². The Balaban J connectivity index is 1.37. The number of hydrogen-bond donors (Lipinski definition) is 1. The van der Waals surface area contributed by atoms with Crippen molar-refractivity contribution in [3.8, 4) is 0 Å². The summed E-state index contributed by atoms with van der Waals surface area (Å²) in [6, 6.07) is 15.6. The predicted molar refractivity (Wildman–Crippen MR) is 113 cm³/mol. The molecule has 3 rings (SSSR count). The summed E-state index contributed by atoms with van der Waals surface area (Å²) in [6.45, 7) is 6.94. The van der Waals surface area contributed by atoms with E-state index < -0.39 is 0 Å². The molecule has 0 atom stereocenters. The first-order chi connectivity index (χ1) is 13.5. The lowest BCUT2D eigenvalue weighted by Gasteiger charge is -2.32. The Morgan fingerprint density at radius 2 is 1.75 bits per heavy atom. The van der Waals surface area contributed by atoms with Gasteiger partial charge < -0.3 is 10.2 Å². The van der Waals surface area contributed by atoms with Gasteiger partial charge in [-0.3, -0.25) is 9.59 Å². The molecule has 0 bridgehead atoms. The maximum atomic E-state index is 12.5. The standard InChI is InChI=1S/C24H30N2O2/c1-18-10-11-22(19(2)17-18)23(27)9-6-14-26-15-12-21(13-16-26)25-24(28)20-7-4-3-5-8-20/h3-5,7-8,10-11,17,21H,6,9,12-16H2,1-2H3,(H,25,28). The molecule has 4 heteroatoms. The van der Waals surface area contributed by atoms with Crippen molar-refractivity contribution in [3.05, 3.63) is 70.8 Å². The number of ketones is 1. The number of amides is 1. The van der Waals surface area contributed by atoms with Crippen LogP contribution < -0.4 is 5.32 Å². The first kappa shape index (κ1) is 20.3. The Bertz CT molecular complexity index is 809. The van der Waals surface area contributed by atoms with Crippen LogP contribution in [-0.2, 0) is 0 Å². The summed E-state index contributed by atoms with van der Waals surface area (Å²) >= 11 is 0. The van der Waals surface area contributed by atoms with Crippen molar-refractivity contribution in [2.75, 3.05) is 19.6 Å². The summed E-state index contributed by atoms with van der Waals surface area (Å²) < 4.78 is 0. The topological polar surface area (TPSA) is 49.4 Å². The quantitative estimate of drug-likeness (QED) is 0.736. The number of carbonyl (C=O) groups excluding carboxylic acids is 2. The van der Waals surface area contributed by atoms with Gasteiger partial charge in [-0.05, 0) is 57.4 Å². The average molecular weight is 379 g/mol. The van der Waals surface area contributed by atoms with Gasteiger partial charge in [-0.2, -0.15) is 0 Å². The second-order valence-electron chi connectivity index (χ2n) is 7.80. The highest BCUT2D eigenvalue weighted by Gasteiger charge is 2.21. The first-order valence-corrected chi connectivity index (χ1v) is 10.2. The van der Waals surface area contributed by atoms with Gasteiger partial charge in [0, 0.05) is 36.7 Å². The second kappa shape index (κ2) is 9.65. The highest BCUT2D eigenvalue weighted by atomic mass is 16.1. The SMILES string of the molecule is Cc1ccc(C(=O)CCCN2CCC(NC(=O)c3ccccc3)CC2)c(C)c1. The maximum absolute atomic E-state index is 12.5. The van der Waals surface area contributed by atoms with Crippen molar-refractivity contribution in [1.29, 1.82) is 0 Å². The average Bonchev–Trinajstić information content (AvgIpc) is 2.70. The van der Waals surface area contributed by atoms with Crippen LogP contribution in [0.1, 0.15) is 57.5 Å². The van der Waals surface area contributed by atoms with Crippen LogP contribution in [0.25, 0.3) is 0 Å². The minimum Gasteiger partial charge on any atom is -0.349 e. The van der Waals surface area contributed by atoms with E-state index in [9.17, 15) is 9.59 Å². The third-order valence-corrected chi connectivity index (χ3v) is 5.52. The van der Waals surface area contributed by atoms with E-state index in [4.69, 9.17) is 0 Å². The van der Waals surface area contributed by atoms with Gasteiger partial charge in [0.25, 0.3) is 5.91 Å². The zero-order valence-corrected chi connectivity index (χ0v) is 16.9. The van der Waals surface area contributed by atoms with E-state index in [0.717, 1.165) is 55.6 Å². The summed E-state index contributed by atoms with van der Waals surface area (Å²) in [6.07, 6.45) is 3.40. The number of nitrogens with one attached hydrogen (secondary N) is 1. The lowest BCUT2D eigenvalue weighted by Crippen LogP contribution is -2.44. The highest BCUT2D eigenvalue weighted by molar-refractivity contribution is 5.97. The zero-order valence-electron chi connectivity index (χ0n) is 16.9. The lowest BCUT2D eigenvalue weighted by molar-refractivity contribution is 0.0903. The number of piperidine rings is 1. The molecule has 1 amide bonds. The third kappa shape index (κ3) is 5.52. The van der Waals surface area contributed by atoms with Crippen molar-refractivity contribution in [2.45, 2.75) is 45.6 Å². The van der Waals surface area contributed by atoms with Gasteiger partial charge in [0.05, 0.1) is 0 Å². The number of hydrogen-bond acceptors (Lipinski definition) is 3. The lowest BCUT2D eigenvalue weighted by atomic mass is 9.99. The van der Waals surface area contributed by atoms with Crippen LogP contribution in [0, 0.1) is 13.8 Å². The molecular weight excluding hydrogens is 348 g/mol. The molecule has 2 aromatic rings. The number of nitrogens with zero attached hydrogens (tertiary/aromatic N) is 1. The van der Waals surface area contributed by atoms with E-state index in [1.54, 1.807) is 0 Å². The highest BCUT2D eigenvalue weighted by Crippen LogP contribution is 2.16. The Morgan fingerprint density at radius 3 is 2.43 bits per heavy atom. The molecule has 1 fully saturated rings. The number of carbonyl (C=O) groups is 2. The van der Waals surface area contributed by atoms with Crippen molar-refractivity contribution in [1.82, 2.24) is 10.2 Å². The van der Waals surface area contributed by atoms with Crippen molar-refractivity contribution >= 4 is 11.7 Å². The Hall–Kier alpha value is -2.46. The van der Waals surface area contributed by atoms with E-state index in [0.29, 0.717) is 6.42 Å². The Morgan fingerprint density at radius 1 is 1.04 bits per heavy atom. The van der Waals surface area contributed by atoms with E-state index in [1.165, 1.54) is 5.56 Å². The Kier molecular flexibility index (Phi) is 6.99. The van der Waals surface area contributed by atoms with Gasteiger partial charge in [-0.15, -0.1) is 0 Å². The van der Waals surface area contributed by atoms with E-state index in [1.807, 2.05) is 56.3 Å². The molecule has 0 radical (unpaired) electrons. The van der Waals surface area contributed by atoms with Gasteiger partial charge in [0.15, 0.2) is 5.78 Å². The minimum absolute atomic E-state index is 0.0121. The molecule has 4 nitrogen and oxygen atoms in total. The fourth-order valence-electron chi connectivity index (χ4n) is 3.88. The zero-order chi connectivity index (χ0) is 19.9. The second-order valence-corrected chi connectivity index (χ2v) is 7.80. The molecule has 0 aliphatic carbocycles. The molecule has 2 aromatic carbocycles. The number of aryl methyl sites for hydroxylation is 2. The maximum Gasteiger partial charge on any atom is 0.251 e. The third-order valence-electron chi connectivity index (χ3n) is 5.52. The first-order valence-electron chi connectivity index (χ1n) is 10.2. The van der Waals surface area contributed by atoms with Gasteiger partial charge in [-0.25, -0.2) is 0 Å². The van der Waals surface area contributed by atoms with E-state index in [2.05, 4.69) is 16.3 Å². The fourth-order valence-corrected chi connectivity index (χ4v) is 3.88. The molecule has 0 aromatic heterocycles. The molecule has 148 valence electrons. The van der Waals surface area contributed by atoms with Crippen molar-refractivity contribution < 1.29 is 9.59 Å². The van der Waals surface area contributed by atoms with Crippen LogP contribution in [0.4, 0.5) is 0 Å². The molecule has 1 N–H and O–H groups in total. The van der Waals surface area contributed by atoms with Crippen molar-refractivity contribution in [3.63, 3.8) is 0 Å². The van der Waals surface area contributed by atoms with Crippen LogP contribution >= 0.6 is 0 Å². The monoisotopic (exact) mass is 378 g/mol. The summed E-state index contributed by atoms with van der Waals surface area (Å²) in [5, 5.41) is 3.14. The predicted octanol–water partition coefficient (Wildman–Crippen LogP) is 4.16. The van der Waals surface area contributed by atoms with Gasteiger partial charge in [0.1, 0.15) is 0 Å². The van der Waals surface area contributed by atoms with Crippen LogP contribution in [0.5, 0.6) is 0 Å². The number of benzene rings is 2. The van der Waals surface area contributed by atoms with Crippen LogP contribution in [0.2, 0.25) is 0 Å². The van der Waals surface area contributed by atoms with E-state index in [-0.39, 0.29) is 17.7 Å². The van der Waals surface area contributed by atoms with Gasteiger partial charge >= 0.3 is 0 Å². The van der Waals surface area contributed by atoms with Crippen molar-refractivity contribution in [2.24, 2.45) is 0 Å². The summed E-state index contributed by atoms with van der Waals surface area (Å²) in [5.41, 5.74) is 3.83. The fraction of sp³-hybridized carbons (Fsp3) is 0.417. The van der Waals surface area contributed by atoms with Crippen LogP contribution in [0.3, 0.4) is 0 Å². The number of Topliss-reactive ketones (excluding diaryl/α,β-unsaturated/α-hetero) is 1. The largest absolute Gasteiger partial charge is 0.349 e. The Labute approximate surface area is 167 Å². The molecule has 0 saturated carbocycles. The molecular formula is C24H30N2O2. The number of rotatable bonds is 7. The van der Waals surface area contributed by atoms with Crippen LogP contribution in [0.15, 0.2) is 48.5 Å². The molecule has 0 spiro atoms. The molecule has 0 unspecified atom stereocenters. The number of likely N-dealkylation sites (tertiary alicyclic amines) is 1. The summed E-state index contributed by atoms with van der Waals surface area (Å²) in [5.74, 6) is 0.251. The van der Waals surface area contributed by atoms with E-state index >= 15 is 0 Å².